The van der Waals surface area contributed by atoms with E-state index in [1.54, 1.807) is 0 Å². The molecule has 20 heavy (non-hydrogen) atoms. The Morgan fingerprint density at radius 3 is 2.50 bits per heavy atom. The zero-order chi connectivity index (χ0) is 14.6. The van der Waals surface area contributed by atoms with Gasteiger partial charge in [0.2, 0.25) is 0 Å². The van der Waals surface area contributed by atoms with Crippen molar-refractivity contribution in [3.05, 3.63) is 0 Å². The molecule has 0 amide bonds. The van der Waals surface area contributed by atoms with Crippen molar-refractivity contribution in [3.8, 4) is 0 Å². The first-order valence-electron chi connectivity index (χ1n) is 8.27. The van der Waals surface area contributed by atoms with Crippen molar-refractivity contribution < 1.29 is 4.74 Å². The van der Waals surface area contributed by atoms with Gasteiger partial charge in [-0.3, -0.25) is 15.8 Å². The van der Waals surface area contributed by atoms with E-state index in [0.29, 0.717) is 6.04 Å². The Morgan fingerprint density at radius 1 is 1.15 bits per heavy atom. The molecule has 0 bridgehead atoms. The summed E-state index contributed by atoms with van der Waals surface area (Å²) in [6.45, 7) is 16.3. The first kappa shape index (κ1) is 17.9. The van der Waals surface area contributed by atoms with Crippen LogP contribution in [0.5, 0.6) is 0 Å². The number of hydrogen-bond donors (Lipinski definition) is 2. The summed E-state index contributed by atoms with van der Waals surface area (Å²) in [6, 6.07) is 0.575. The van der Waals surface area contributed by atoms with E-state index in [1.165, 1.54) is 25.9 Å². The van der Waals surface area contributed by atoms with Gasteiger partial charge in [0.05, 0.1) is 13.2 Å². The quantitative estimate of drug-likeness (QED) is 0.437. The van der Waals surface area contributed by atoms with Gasteiger partial charge in [-0.2, -0.15) is 0 Å². The van der Waals surface area contributed by atoms with Gasteiger partial charge in [-0.15, -0.1) is 0 Å². The van der Waals surface area contributed by atoms with Crippen LogP contribution >= 0.6 is 0 Å². The van der Waals surface area contributed by atoms with Crippen LogP contribution in [0.25, 0.3) is 0 Å². The predicted octanol–water partition coefficient (Wildman–Crippen LogP) is 0.923. The molecular formula is C15H34N4O. The summed E-state index contributed by atoms with van der Waals surface area (Å²) in [5, 5.41) is 0. The molecular weight excluding hydrogens is 252 g/mol. The second-order valence-corrected chi connectivity index (χ2v) is 5.55. The molecule has 0 aromatic heterocycles. The number of nitrogens with zero attached hydrogens (tertiary/aromatic N) is 2. The number of morpholine rings is 1. The van der Waals surface area contributed by atoms with E-state index >= 15 is 0 Å². The molecule has 1 aliphatic heterocycles. The Hall–Kier alpha value is -0.200. The molecule has 0 aromatic rings. The summed E-state index contributed by atoms with van der Waals surface area (Å²) in [4.78, 5) is 4.98. The van der Waals surface area contributed by atoms with E-state index in [1.807, 2.05) is 0 Å². The molecule has 0 spiro atoms. The standard InChI is InChI=1S/C15H34N4O/c1-4-18(5-2)10-6-8-16-17-9-7-11-19-12-13-20-14-15(19)3/h15-17H,4-14H2,1-3H3. The molecule has 1 saturated heterocycles. The van der Waals surface area contributed by atoms with E-state index in [2.05, 4.69) is 41.4 Å². The minimum atomic E-state index is 0.575. The SMILES string of the molecule is CCN(CC)CCCNNCCCN1CCOCC1C. The van der Waals surface area contributed by atoms with Gasteiger partial charge >= 0.3 is 0 Å². The van der Waals surface area contributed by atoms with Crippen LogP contribution in [-0.4, -0.2) is 74.9 Å². The molecule has 0 aliphatic carbocycles. The molecule has 0 saturated carbocycles. The highest BCUT2D eigenvalue weighted by Gasteiger charge is 2.17. The lowest BCUT2D eigenvalue weighted by molar-refractivity contribution is -0.000671. The fourth-order valence-electron chi connectivity index (χ4n) is 2.57. The van der Waals surface area contributed by atoms with E-state index < -0.39 is 0 Å². The Kier molecular flexibility index (Phi) is 10.2. The van der Waals surface area contributed by atoms with Crippen LogP contribution in [0.3, 0.4) is 0 Å². The number of hydrogen-bond acceptors (Lipinski definition) is 5. The van der Waals surface area contributed by atoms with Crippen LogP contribution in [0.1, 0.15) is 33.6 Å². The second-order valence-electron chi connectivity index (χ2n) is 5.55. The maximum absolute atomic E-state index is 5.45. The van der Waals surface area contributed by atoms with Crippen molar-refractivity contribution in [2.75, 3.05) is 59.0 Å². The number of rotatable bonds is 11. The fourth-order valence-corrected chi connectivity index (χ4v) is 2.57. The molecule has 5 nitrogen and oxygen atoms in total. The van der Waals surface area contributed by atoms with Crippen LogP contribution in [-0.2, 0) is 4.74 Å². The lowest BCUT2D eigenvalue weighted by atomic mass is 10.2. The molecule has 0 radical (unpaired) electrons. The molecule has 1 atom stereocenters. The predicted molar refractivity (Wildman–Crippen MR) is 84.9 cm³/mol. The van der Waals surface area contributed by atoms with Crippen molar-refractivity contribution in [1.29, 1.82) is 0 Å². The van der Waals surface area contributed by atoms with Crippen LogP contribution in [0.2, 0.25) is 0 Å². The van der Waals surface area contributed by atoms with Gasteiger partial charge in [0.25, 0.3) is 0 Å². The van der Waals surface area contributed by atoms with Gasteiger partial charge in [-0.25, -0.2) is 0 Å². The lowest BCUT2D eigenvalue weighted by Gasteiger charge is -2.33. The third-order valence-corrected chi connectivity index (χ3v) is 4.05. The van der Waals surface area contributed by atoms with Crippen LogP contribution < -0.4 is 10.9 Å². The average Bonchev–Trinajstić information content (AvgIpc) is 2.47. The molecule has 1 unspecified atom stereocenters. The average molecular weight is 286 g/mol. The lowest BCUT2D eigenvalue weighted by Crippen LogP contribution is -2.45. The number of ether oxygens (including phenoxy) is 1. The van der Waals surface area contributed by atoms with E-state index in [0.717, 1.165) is 45.9 Å². The summed E-state index contributed by atoms with van der Waals surface area (Å²) < 4.78 is 5.45. The van der Waals surface area contributed by atoms with Crippen molar-refractivity contribution in [2.24, 2.45) is 0 Å². The summed E-state index contributed by atoms with van der Waals surface area (Å²) in [7, 11) is 0. The zero-order valence-electron chi connectivity index (χ0n) is 13.7. The van der Waals surface area contributed by atoms with Crippen molar-refractivity contribution in [2.45, 2.75) is 39.7 Å². The molecule has 120 valence electrons. The van der Waals surface area contributed by atoms with E-state index in [4.69, 9.17) is 4.74 Å². The molecule has 0 aromatic carbocycles. The molecule has 1 heterocycles. The minimum absolute atomic E-state index is 0.575. The van der Waals surface area contributed by atoms with Gasteiger partial charge in [-0.1, -0.05) is 13.8 Å². The van der Waals surface area contributed by atoms with Crippen LogP contribution in [0.15, 0.2) is 0 Å². The molecule has 2 N–H and O–H groups in total. The summed E-state index contributed by atoms with van der Waals surface area (Å²) >= 11 is 0. The molecule has 1 fully saturated rings. The summed E-state index contributed by atoms with van der Waals surface area (Å²) in [6.07, 6.45) is 2.39. The number of hydrazine groups is 1. The summed E-state index contributed by atoms with van der Waals surface area (Å²) in [5.41, 5.74) is 6.64. The number of nitrogens with one attached hydrogen (secondary N) is 2. The fraction of sp³-hybridized carbons (Fsp3) is 1.00. The molecule has 5 heteroatoms. The zero-order valence-corrected chi connectivity index (χ0v) is 13.7. The Morgan fingerprint density at radius 2 is 1.85 bits per heavy atom. The van der Waals surface area contributed by atoms with Gasteiger partial charge in [-0.05, 0) is 45.9 Å². The van der Waals surface area contributed by atoms with Crippen LogP contribution in [0.4, 0.5) is 0 Å². The third kappa shape index (κ3) is 7.55. The topological polar surface area (TPSA) is 39.8 Å². The Bertz CT molecular complexity index is 224. The summed E-state index contributed by atoms with van der Waals surface area (Å²) in [5.74, 6) is 0. The maximum Gasteiger partial charge on any atom is 0.0619 e. The van der Waals surface area contributed by atoms with Crippen molar-refractivity contribution in [3.63, 3.8) is 0 Å². The van der Waals surface area contributed by atoms with Crippen molar-refractivity contribution >= 4 is 0 Å². The van der Waals surface area contributed by atoms with Crippen LogP contribution in [0, 0.1) is 0 Å². The van der Waals surface area contributed by atoms with E-state index in [9.17, 15) is 0 Å². The normalized spacial score (nSPS) is 20.7. The minimum Gasteiger partial charge on any atom is -0.379 e. The Balaban J connectivity index is 1.87. The largest absolute Gasteiger partial charge is 0.379 e. The first-order chi connectivity index (χ1) is 9.77. The monoisotopic (exact) mass is 286 g/mol. The van der Waals surface area contributed by atoms with Gasteiger partial charge in [0.1, 0.15) is 0 Å². The highest BCUT2D eigenvalue weighted by molar-refractivity contribution is 4.70. The Labute approximate surface area is 125 Å². The smallest absolute Gasteiger partial charge is 0.0619 e. The van der Waals surface area contributed by atoms with Gasteiger partial charge in [0, 0.05) is 25.7 Å². The second kappa shape index (κ2) is 11.5. The highest BCUT2D eigenvalue weighted by Crippen LogP contribution is 2.05. The highest BCUT2D eigenvalue weighted by atomic mass is 16.5. The maximum atomic E-state index is 5.45. The molecule has 1 rings (SSSR count). The van der Waals surface area contributed by atoms with Gasteiger partial charge in [0.15, 0.2) is 0 Å². The van der Waals surface area contributed by atoms with Crippen molar-refractivity contribution in [1.82, 2.24) is 20.7 Å². The first-order valence-corrected chi connectivity index (χ1v) is 8.27. The third-order valence-electron chi connectivity index (χ3n) is 4.05. The van der Waals surface area contributed by atoms with E-state index in [-0.39, 0.29) is 0 Å². The van der Waals surface area contributed by atoms with Gasteiger partial charge < -0.3 is 9.64 Å². The molecule has 1 aliphatic rings.